The largest absolute Gasteiger partial charge is 0.448 e. The van der Waals surface area contributed by atoms with Gasteiger partial charge in [-0.15, -0.1) is 0 Å². The Hall–Kier alpha value is -3.55. The number of nitrogens with zero attached hydrogens (tertiary/aromatic N) is 3. The first-order valence-corrected chi connectivity index (χ1v) is 13.1. The van der Waals surface area contributed by atoms with Crippen molar-refractivity contribution in [3.63, 3.8) is 0 Å². The average Bonchev–Trinajstić information content (AvgIpc) is 3.25. The number of benzene rings is 3. The third-order valence-electron chi connectivity index (χ3n) is 6.89. The van der Waals surface area contributed by atoms with E-state index in [-0.39, 0.29) is 17.8 Å². The fourth-order valence-electron chi connectivity index (χ4n) is 5.05. The number of carbonyl (C=O) groups excluding carboxylic acids is 1. The molecule has 1 aromatic heterocycles. The van der Waals surface area contributed by atoms with E-state index in [9.17, 15) is 9.59 Å². The van der Waals surface area contributed by atoms with Crippen LogP contribution >= 0.6 is 11.6 Å². The summed E-state index contributed by atoms with van der Waals surface area (Å²) in [6, 6.07) is 25.9. The molecule has 1 aliphatic rings. The van der Waals surface area contributed by atoms with Gasteiger partial charge in [-0.2, -0.15) is 0 Å². The lowest BCUT2D eigenvalue weighted by atomic mass is 10.0. The number of amides is 1. The van der Waals surface area contributed by atoms with Gasteiger partial charge in [0, 0.05) is 43.8 Å². The topological polar surface area (TPSA) is 70.6 Å². The lowest BCUT2D eigenvalue weighted by molar-refractivity contribution is 0.0770. The summed E-state index contributed by atoms with van der Waals surface area (Å²) in [5.41, 5.74) is 3.97. The molecule has 0 radical (unpaired) electrons. The van der Waals surface area contributed by atoms with Crippen LogP contribution in [0.5, 0.6) is 0 Å². The number of likely N-dealkylation sites (tertiary alicyclic amines) is 1. The van der Waals surface area contributed by atoms with Gasteiger partial charge in [0.15, 0.2) is 0 Å². The summed E-state index contributed by atoms with van der Waals surface area (Å²) in [7, 11) is 0. The van der Waals surface area contributed by atoms with Crippen molar-refractivity contribution < 1.29 is 9.53 Å². The monoisotopic (exact) mass is 518 g/mol. The van der Waals surface area contributed by atoms with E-state index in [0.717, 1.165) is 23.1 Å². The van der Waals surface area contributed by atoms with Gasteiger partial charge in [-0.1, -0.05) is 66.2 Å². The summed E-state index contributed by atoms with van der Waals surface area (Å²) in [6.45, 7) is 3.48. The van der Waals surface area contributed by atoms with Gasteiger partial charge >= 0.3 is 11.8 Å². The van der Waals surface area contributed by atoms with Crippen LogP contribution in [-0.2, 0) is 17.8 Å². The minimum atomic E-state index is -0.299. The second-order valence-corrected chi connectivity index (χ2v) is 9.91. The molecule has 192 valence electrons. The Labute approximate surface area is 221 Å². The molecule has 0 spiro atoms. The summed E-state index contributed by atoms with van der Waals surface area (Å²) in [6.07, 6.45) is 1.13. The van der Waals surface area contributed by atoms with Crippen molar-refractivity contribution in [3.8, 4) is 0 Å². The Bertz CT molecular complexity index is 1390. The highest BCUT2D eigenvalue weighted by Gasteiger charge is 2.27. The quantitative estimate of drug-likeness (QED) is 0.336. The number of hydrogen-bond acceptors (Lipinski definition) is 4. The van der Waals surface area contributed by atoms with Crippen LogP contribution in [-0.4, -0.2) is 51.7 Å². The number of halogens is 1. The molecule has 4 aromatic rings. The first-order valence-electron chi connectivity index (χ1n) is 12.7. The number of para-hydroxylation sites is 2. The predicted molar refractivity (Wildman–Crippen MR) is 146 cm³/mol. The van der Waals surface area contributed by atoms with Gasteiger partial charge in [0.25, 0.3) is 0 Å². The van der Waals surface area contributed by atoms with Crippen molar-refractivity contribution in [1.29, 1.82) is 0 Å². The number of ether oxygens (including phenoxy) is 1. The lowest BCUT2D eigenvalue weighted by Crippen LogP contribution is -2.41. The highest BCUT2D eigenvalue weighted by Crippen LogP contribution is 2.25. The number of carbonyl (C=O) groups is 1. The molecule has 1 amide bonds. The highest BCUT2D eigenvalue weighted by atomic mass is 35.5. The average molecular weight is 519 g/mol. The van der Waals surface area contributed by atoms with E-state index in [1.54, 1.807) is 4.90 Å². The van der Waals surface area contributed by atoms with Crippen LogP contribution in [0.4, 0.5) is 4.79 Å². The van der Waals surface area contributed by atoms with Crippen LogP contribution in [0.25, 0.3) is 11.0 Å². The van der Waals surface area contributed by atoms with E-state index in [1.165, 1.54) is 5.56 Å². The number of H-pyrrole nitrogens is 1. The predicted octanol–water partition coefficient (Wildman–Crippen LogP) is 5.46. The SMILES string of the molecule is O=C(OCCN(Cc1ccccc1)Cc1cccc(Cl)c1)N1CCC(n2c(=O)[nH]c3ccccc32)CC1. The van der Waals surface area contributed by atoms with Gasteiger partial charge in [-0.25, -0.2) is 9.59 Å². The summed E-state index contributed by atoms with van der Waals surface area (Å²) in [5, 5.41) is 0.710. The number of rotatable bonds is 8. The van der Waals surface area contributed by atoms with Crippen molar-refractivity contribution in [2.45, 2.75) is 32.0 Å². The van der Waals surface area contributed by atoms with Gasteiger partial charge in [-0.3, -0.25) is 9.47 Å². The Morgan fingerprint density at radius 3 is 2.43 bits per heavy atom. The van der Waals surface area contributed by atoms with Crippen LogP contribution in [0.2, 0.25) is 5.02 Å². The Morgan fingerprint density at radius 1 is 0.946 bits per heavy atom. The van der Waals surface area contributed by atoms with E-state index < -0.39 is 0 Å². The molecule has 7 nitrogen and oxygen atoms in total. The number of aromatic amines is 1. The first kappa shape index (κ1) is 25.1. The normalized spacial score (nSPS) is 14.4. The number of nitrogens with one attached hydrogen (secondary N) is 1. The standard InChI is InChI=1S/C29H31ClN4O3/c30-24-10-6-9-23(19-24)21-32(20-22-7-2-1-3-8-22)17-18-37-29(36)33-15-13-25(14-16-33)34-27-12-5-4-11-26(27)31-28(34)35/h1-12,19,25H,13-18,20-21H2,(H,31,35). The summed E-state index contributed by atoms with van der Waals surface area (Å²) in [4.78, 5) is 32.3. The zero-order valence-corrected chi connectivity index (χ0v) is 21.4. The van der Waals surface area contributed by atoms with Crippen molar-refractivity contribution in [2.75, 3.05) is 26.2 Å². The number of aromatic nitrogens is 2. The van der Waals surface area contributed by atoms with Gasteiger partial charge < -0.3 is 14.6 Å². The van der Waals surface area contributed by atoms with Crippen LogP contribution in [0.3, 0.4) is 0 Å². The first-order chi connectivity index (χ1) is 18.1. The van der Waals surface area contributed by atoms with Gasteiger partial charge in [-0.05, 0) is 48.2 Å². The molecule has 3 aromatic carbocycles. The molecule has 2 heterocycles. The fourth-order valence-corrected chi connectivity index (χ4v) is 5.26. The number of hydrogen-bond donors (Lipinski definition) is 1. The maximum Gasteiger partial charge on any atom is 0.409 e. The number of fused-ring (bicyclic) bond motifs is 1. The zero-order chi connectivity index (χ0) is 25.6. The van der Waals surface area contributed by atoms with E-state index in [2.05, 4.69) is 28.1 Å². The smallest absolute Gasteiger partial charge is 0.409 e. The van der Waals surface area contributed by atoms with Gasteiger partial charge in [0.1, 0.15) is 6.61 Å². The van der Waals surface area contributed by atoms with E-state index in [0.29, 0.717) is 50.7 Å². The second-order valence-electron chi connectivity index (χ2n) is 9.48. The molecule has 0 unspecified atom stereocenters. The minimum absolute atomic E-state index is 0.0618. The third kappa shape index (κ3) is 6.24. The molecular formula is C29H31ClN4O3. The van der Waals surface area contributed by atoms with E-state index >= 15 is 0 Å². The Morgan fingerprint density at radius 2 is 1.65 bits per heavy atom. The molecule has 0 bridgehead atoms. The molecule has 1 saturated heterocycles. The van der Waals surface area contributed by atoms with Crippen LogP contribution in [0, 0.1) is 0 Å². The minimum Gasteiger partial charge on any atom is -0.448 e. The second kappa shape index (κ2) is 11.7. The molecule has 0 aliphatic carbocycles. The number of piperidine rings is 1. The van der Waals surface area contributed by atoms with Crippen LogP contribution in [0.1, 0.15) is 30.0 Å². The molecular weight excluding hydrogens is 488 g/mol. The third-order valence-corrected chi connectivity index (χ3v) is 7.12. The number of imidazole rings is 1. The van der Waals surface area contributed by atoms with Crippen molar-refractivity contribution in [2.24, 2.45) is 0 Å². The lowest BCUT2D eigenvalue weighted by Gasteiger charge is -2.32. The van der Waals surface area contributed by atoms with Crippen molar-refractivity contribution in [1.82, 2.24) is 19.4 Å². The molecule has 1 N–H and O–H groups in total. The van der Waals surface area contributed by atoms with E-state index in [4.69, 9.17) is 16.3 Å². The summed E-state index contributed by atoms with van der Waals surface area (Å²) < 4.78 is 7.50. The molecule has 5 rings (SSSR count). The van der Waals surface area contributed by atoms with Crippen molar-refractivity contribution in [3.05, 3.63) is 105 Å². The highest BCUT2D eigenvalue weighted by molar-refractivity contribution is 6.30. The summed E-state index contributed by atoms with van der Waals surface area (Å²) in [5.74, 6) is 0. The molecule has 8 heteroatoms. The van der Waals surface area contributed by atoms with Gasteiger partial charge in [0.05, 0.1) is 11.0 Å². The molecule has 0 saturated carbocycles. The van der Waals surface area contributed by atoms with Gasteiger partial charge in [0.2, 0.25) is 0 Å². The molecule has 1 aliphatic heterocycles. The molecule has 37 heavy (non-hydrogen) atoms. The molecule has 1 fully saturated rings. The Kier molecular flexibility index (Phi) is 7.92. The zero-order valence-electron chi connectivity index (χ0n) is 20.7. The Balaban J connectivity index is 1.15. The fraction of sp³-hybridized carbons (Fsp3) is 0.310. The van der Waals surface area contributed by atoms with Crippen LogP contribution < -0.4 is 5.69 Å². The maximum absolute atomic E-state index is 12.8. The summed E-state index contributed by atoms with van der Waals surface area (Å²) >= 11 is 6.19. The maximum atomic E-state index is 12.8. The molecule has 0 atom stereocenters. The van der Waals surface area contributed by atoms with Crippen molar-refractivity contribution >= 4 is 28.7 Å². The van der Waals surface area contributed by atoms with E-state index in [1.807, 2.05) is 65.2 Å². The van der Waals surface area contributed by atoms with Crippen LogP contribution in [0.15, 0.2) is 83.7 Å².